The second-order valence-electron chi connectivity index (χ2n) is 2.39. The Morgan fingerprint density at radius 3 is 2.50 bits per heavy atom. The lowest BCUT2D eigenvalue weighted by Crippen LogP contribution is -2.29. The zero-order chi connectivity index (χ0) is 7.40. The molecule has 1 rings (SSSR count). The summed E-state index contributed by atoms with van der Waals surface area (Å²) in [6.07, 6.45) is 1.35. The summed E-state index contributed by atoms with van der Waals surface area (Å²) >= 11 is 0. The van der Waals surface area contributed by atoms with E-state index >= 15 is 0 Å². The van der Waals surface area contributed by atoms with E-state index in [0.717, 1.165) is 13.1 Å². The molecule has 1 heterocycles. The van der Waals surface area contributed by atoms with Crippen molar-refractivity contribution in [2.45, 2.75) is 19.8 Å². The Morgan fingerprint density at radius 1 is 1.40 bits per heavy atom. The molecule has 0 aromatic heterocycles. The predicted molar refractivity (Wildman–Crippen MR) is 39.3 cm³/mol. The smallest absolute Gasteiger partial charge is 0.136 e. The standard InChI is InChI=1S/C8H11NO/c1-2-5-9-6-3-8(10)4-7-9/h3-4,6-7H2,1H3. The Labute approximate surface area is 61.2 Å². The van der Waals surface area contributed by atoms with Crippen LogP contribution in [0.1, 0.15) is 19.8 Å². The van der Waals surface area contributed by atoms with Crippen molar-refractivity contribution >= 4 is 5.78 Å². The first kappa shape index (κ1) is 7.14. The van der Waals surface area contributed by atoms with Crippen LogP contribution >= 0.6 is 0 Å². The lowest BCUT2D eigenvalue weighted by molar-refractivity contribution is -0.120. The summed E-state index contributed by atoms with van der Waals surface area (Å²) < 4.78 is 0. The van der Waals surface area contributed by atoms with Gasteiger partial charge in [0.1, 0.15) is 5.78 Å². The minimum absolute atomic E-state index is 0.370. The number of hydrogen-bond acceptors (Lipinski definition) is 2. The third-order valence-electron chi connectivity index (χ3n) is 1.59. The number of carbonyl (C=O) groups is 1. The first-order valence-electron chi connectivity index (χ1n) is 3.52. The number of likely N-dealkylation sites (tertiary alicyclic amines) is 1. The normalized spacial score (nSPS) is 18.1. The topological polar surface area (TPSA) is 20.3 Å². The Morgan fingerprint density at radius 2 is 2.00 bits per heavy atom. The van der Waals surface area contributed by atoms with Crippen LogP contribution < -0.4 is 0 Å². The molecular weight excluding hydrogens is 126 g/mol. The highest BCUT2D eigenvalue weighted by Crippen LogP contribution is 2.02. The minimum atomic E-state index is 0.370. The van der Waals surface area contributed by atoms with Crippen LogP contribution in [0.3, 0.4) is 0 Å². The molecule has 2 heteroatoms. The molecule has 0 saturated carbocycles. The Hall–Kier alpha value is -0.970. The van der Waals surface area contributed by atoms with Gasteiger partial charge in [-0.3, -0.25) is 4.79 Å². The van der Waals surface area contributed by atoms with Gasteiger partial charge in [0.05, 0.1) is 0 Å². The fraction of sp³-hybridized carbons (Fsp3) is 0.625. The summed E-state index contributed by atoms with van der Waals surface area (Å²) in [5, 5.41) is 0. The first-order valence-corrected chi connectivity index (χ1v) is 3.52. The summed E-state index contributed by atoms with van der Waals surface area (Å²) in [4.78, 5) is 12.7. The maximum absolute atomic E-state index is 10.7. The Bertz CT molecular complexity index is 177. The molecule has 1 saturated heterocycles. The number of nitrogens with zero attached hydrogens (tertiary/aromatic N) is 1. The molecule has 0 aliphatic carbocycles. The van der Waals surface area contributed by atoms with E-state index in [1.165, 1.54) is 0 Å². The molecule has 1 aliphatic heterocycles. The molecule has 0 radical (unpaired) electrons. The molecule has 54 valence electrons. The second kappa shape index (κ2) is 3.26. The molecule has 1 aliphatic rings. The van der Waals surface area contributed by atoms with Crippen LogP contribution in [0.5, 0.6) is 0 Å². The zero-order valence-corrected chi connectivity index (χ0v) is 6.18. The number of carbonyl (C=O) groups excluding carboxylic acids is 1. The molecule has 10 heavy (non-hydrogen) atoms. The zero-order valence-electron chi connectivity index (χ0n) is 6.18. The van der Waals surface area contributed by atoms with E-state index in [1.54, 1.807) is 0 Å². The van der Waals surface area contributed by atoms with Gasteiger partial charge in [0.2, 0.25) is 0 Å². The van der Waals surface area contributed by atoms with Gasteiger partial charge in [-0.05, 0) is 6.92 Å². The average molecular weight is 137 g/mol. The fourth-order valence-electron chi connectivity index (χ4n) is 1.03. The van der Waals surface area contributed by atoms with Crippen molar-refractivity contribution < 1.29 is 4.79 Å². The first-order chi connectivity index (χ1) is 4.83. The van der Waals surface area contributed by atoms with Crippen molar-refractivity contribution in [2.24, 2.45) is 0 Å². The third-order valence-corrected chi connectivity index (χ3v) is 1.59. The van der Waals surface area contributed by atoms with Crippen molar-refractivity contribution in [3.63, 3.8) is 0 Å². The van der Waals surface area contributed by atoms with Crippen LogP contribution in [0.25, 0.3) is 0 Å². The second-order valence-corrected chi connectivity index (χ2v) is 2.39. The van der Waals surface area contributed by atoms with E-state index in [-0.39, 0.29) is 0 Å². The monoisotopic (exact) mass is 137 g/mol. The number of hydrogen-bond donors (Lipinski definition) is 0. The van der Waals surface area contributed by atoms with Gasteiger partial charge in [0, 0.05) is 32.0 Å². The Balaban J connectivity index is 2.37. The van der Waals surface area contributed by atoms with Gasteiger partial charge in [-0.15, -0.1) is 0 Å². The third kappa shape index (κ3) is 1.77. The lowest BCUT2D eigenvalue weighted by Gasteiger charge is -2.21. The molecule has 0 unspecified atom stereocenters. The van der Waals surface area contributed by atoms with Gasteiger partial charge >= 0.3 is 0 Å². The van der Waals surface area contributed by atoms with Gasteiger partial charge in [-0.1, -0.05) is 5.92 Å². The average Bonchev–Trinajstić information content (AvgIpc) is 1.95. The van der Waals surface area contributed by atoms with E-state index in [4.69, 9.17) is 0 Å². The molecule has 0 N–H and O–H groups in total. The molecule has 1 fully saturated rings. The van der Waals surface area contributed by atoms with E-state index in [9.17, 15) is 4.79 Å². The molecule has 2 nitrogen and oxygen atoms in total. The largest absolute Gasteiger partial charge is 0.332 e. The van der Waals surface area contributed by atoms with E-state index in [0.29, 0.717) is 18.6 Å². The summed E-state index contributed by atoms with van der Waals surface area (Å²) in [6.45, 7) is 3.45. The molecule has 0 aromatic carbocycles. The maximum Gasteiger partial charge on any atom is 0.136 e. The molecule has 0 atom stereocenters. The highest BCUT2D eigenvalue weighted by Gasteiger charge is 2.12. The number of piperidine rings is 1. The quantitative estimate of drug-likeness (QED) is 0.456. The van der Waals surface area contributed by atoms with Crippen molar-refractivity contribution in [1.29, 1.82) is 0 Å². The molecule has 0 amide bonds. The van der Waals surface area contributed by atoms with Crippen LogP contribution in [0.4, 0.5) is 0 Å². The predicted octanol–water partition coefficient (Wildman–Crippen LogP) is 0.632. The summed E-state index contributed by atoms with van der Waals surface area (Å²) in [7, 11) is 0. The molecular formula is C8H11NO. The van der Waals surface area contributed by atoms with Crippen LogP contribution in [0.15, 0.2) is 0 Å². The van der Waals surface area contributed by atoms with Crippen LogP contribution in [-0.4, -0.2) is 23.8 Å². The van der Waals surface area contributed by atoms with Crippen molar-refractivity contribution in [2.75, 3.05) is 13.1 Å². The van der Waals surface area contributed by atoms with Gasteiger partial charge in [-0.25, -0.2) is 0 Å². The van der Waals surface area contributed by atoms with Crippen molar-refractivity contribution in [1.82, 2.24) is 4.90 Å². The molecule has 0 aromatic rings. The van der Waals surface area contributed by atoms with Gasteiger partial charge < -0.3 is 4.90 Å². The summed E-state index contributed by atoms with van der Waals surface area (Å²) in [6, 6.07) is 2.94. The molecule has 0 bridgehead atoms. The van der Waals surface area contributed by atoms with Crippen LogP contribution in [0.2, 0.25) is 0 Å². The SMILES string of the molecule is CC#CN1CCC(=O)CC1. The summed E-state index contributed by atoms with van der Waals surface area (Å²) in [5.74, 6) is 3.19. The van der Waals surface area contributed by atoms with E-state index < -0.39 is 0 Å². The lowest BCUT2D eigenvalue weighted by atomic mass is 10.1. The molecule has 0 spiro atoms. The van der Waals surface area contributed by atoms with Gasteiger partial charge in [0.25, 0.3) is 0 Å². The van der Waals surface area contributed by atoms with Gasteiger partial charge in [0.15, 0.2) is 0 Å². The summed E-state index contributed by atoms with van der Waals surface area (Å²) in [5.41, 5.74) is 0. The number of ketones is 1. The van der Waals surface area contributed by atoms with E-state index in [2.05, 4.69) is 12.0 Å². The van der Waals surface area contributed by atoms with Crippen molar-refractivity contribution in [3.8, 4) is 12.0 Å². The van der Waals surface area contributed by atoms with Gasteiger partial charge in [-0.2, -0.15) is 0 Å². The number of rotatable bonds is 0. The minimum Gasteiger partial charge on any atom is -0.332 e. The highest BCUT2D eigenvalue weighted by atomic mass is 16.1. The van der Waals surface area contributed by atoms with Crippen molar-refractivity contribution in [3.05, 3.63) is 0 Å². The maximum atomic E-state index is 10.7. The number of Topliss-reactive ketones (excluding diaryl/α,β-unsaturated/α-hetero) is 1. The van der Waals surface area contributed by atoms with Crippen LogP contribution in [0, 0.1) is 12.0 Å². The Kier molecular flexibility index (Phi) is 2.33. The highest BCUT2D eigenvalue weighted by molar-refractivity contribution is 5.79. The fourth-order valence-corrected chi connectivity index (χ4v) is 1.03. The van der Waals surface area contributed by atoms with Crippen LogP contribution in [-0.2, 0) is 4.79 Å². The van der Waals surface area contributed by atoms with E-state index in [1.807, 2.05) is 11.8 Å².